The molecule has 9 aromatic rings. The van der Waals surface area contributed by atoms with Crippen LogP contribution in [0.5, 0.6) is 11.5 Å². The summed E-state index contributed by atoms with van der Waals surface area (Å²) in [5, 5.41) is 2.75. The number of fused-ring (bicyclic) bond motifs is 12. The number of para-hydroxylation sites is 2. The van der Waals surface area contributed by atoms with E-state index in [2.05, 4.69) is 157 Å². The molecule has 0 radical (unpaired) electrons. The van der Waals surface area contributed by atoms with Crippen LogP contribution in [-0.2, 0) is 5.41 Å². The van der Waals surface area contributed by atoms with E-state index >= 15 is 0 Å². The molecule has 0 bridgehead atoms. The molecule has 0 amide bonds. The van der Waals surface area contributed by atoms with Gasteiger partial charge in [-0.25, -0.2) is 0 Å². The molecular weight excluding hydrogens is 670 g/mol. The monoisotopic (exact) mass is 699 g/mol. The Morgan fingerprint density at radius 3 is 1.85 bits per heavy atom. The molecule has 2 heterocycles. The van der Waals surface area contributed by atoms with E-state index in [1.807, 2.05) is 30.3 Å². The highest BCUT2D eigenvalue weighted by atomic mass is 35.5. The summed E-state index contributed by atoms with van der Waals surface area (Å²) in [4.78, 5) is 2.32. The van der Waals surface area contributed by atoms with Crippen LogP contribution < -0.4 is 9.64 Å². The third-order valence-electron chi connectivity index (χ3n) is 11.0. The molecule has 1 spiro atoms. The Morgan fingerprint density at radius 2 is 1.09 bits per heavy atom. The van der Waals surface area contributed by atoms with Crippen molar-refractivity contribution in [2.75, 3.05) is 4.90 Å². The summed E-state index contributed by atoms with van der Waals surface area (Å²) in [5.74, 6) is 1.55. The maximum atomic E-state index is 6.93. The Labute approximate surface area is 311 Å². The van der Waals surface area contributed by atoms with E-state index < -0.39 is 5.41 Å². The summed E-state index contributed by atoms with van der Waals surface area (Å²) in [5.41, 5.74) is 13.4. The zero-order valence-corrected chi connectivity index (χ0v) is 29.2. The van der Waals surface area contributed by atoms with Gasteiger partial charge >= 0.3 is 0 Å². The highest BCUT2D eigenvalue weighted by Crippen LogP contribution is 2.63. The maximum Gasteiger partial charge on any atom is 0.145 e. The number of furan rings is 1. The summed E-state index contributed by atoms with van der Waals surface area (Å²) in [6.07, 6.45) is 0. The van der Waals surface area contributed by atoms with Gasteiger partial charge in [0.15, 0.2) is 0 Å². The van der Waals surface area contributed by atoms with Gasteiger partial charge in [-0.3, -0.25) is 0 Å². The third-order valence-corrected chi connectivity index (χ3v) is 11.2. The molecule has 3 nitrogen and oxygen atoms in total. The molecular formula is C49H30ClNO2. The van der Waals surface area contributed by atoms with Gasteiger partial charge in [0.25, 0.3) is 0 Å². The van der Waals surface area contributed by atoms with Crippen molar-refractivity contribution in [3.8, 4) is 33.8 Å². The Morgan fingerprint density at radius 1 is 0.472 bits per heavy atom. The van der Waals surface area contributed by atoms with Gasteiger partial charge in [0.05, 0.1) is 16.5 Å². The Hall–Kier alpha value is -6.55. The molecule has 0 fully saturated rings. The highest BCUT2D eigenvalue weighted by Gasteiger charge is 2.51. The molecule has 4 heteroatoms. The standard InChI is InChI=1S/C49H30ClNO2/c50-32-23-26-41-45(29-32)52-46-30-34(24-27-42(46)49(41)39-20-10-7-17-36(39)37-18-8-11-21-40(37)49)51(33-15-5-2-6-16-33)43-28-25-35(31-13-3-1-4-14-31)48-47(43)38-19-9-12-22-44(38)53-48/h1-30H. The number of hydrogen-bond acceptors (Lipinski definition) is 3. The third kappa shape index (κ3) is 4.29. The van der Waals surface area contributed by atoms with Gasteiger partial charge in [0.1, 0.15) is 22.7 Å². The fraction of sp³-hybridized carbons (Fsp3) is 0.0204. The van der Waals surface area contributed by atoms with E-state index in [9.17, 15) is 0 Å². The van der Waals surface area contributed by atoms with E-state index in [4.69, 9.17) is 20.8 Å². The molecule has 53 heavy (non-hydrogen) atoms. The molecule has 0 N–H and O–H groups in total. The molecule has 2 aliphatic rings. The average molecular weight is 700 g/mol. The van der Waals surface area contributed by atoms with Gasteiger partial charge in [-0.15, -0.1) is 0 Å². The van der Waals surface area contributed by atoms with Crippen LogP contribution in [0.3, 0.4) is 0 Å². The van der Waals surface area contributed by atoms with Gasteiger partial charge < -0.3 is 14.1 Å². The minimum atomic E-state index is -0.581. The van der Waals surface area contributed by atoms with Crippen LogP contribution in [0.25, 0.3) is 44.2 Å². The van der Waals surface area contributed by atoms with Gasteiger partial charge in [-0.2, -0.15) is 0 Å². The molecule has 0 saturated heterocycles. The topological polar surface area (TPSA) is 25.6 Å². The molecule has 0 atom stereocenters. The first-order chi connectivity index (χ1) is 26.2. The number of hydrogen-bond donors (Lipinski definition) is 0. The van der Waals surface area contributed by atoms with Crippen LogP contribution in [0.15, 0.2) is 186 Å². The van der Waals surface area contributed by atoms with Gasteiger partial charge in [0.2, 0.25) is 0 Å². The van der Waals surface area contributed by atoms with Crippen LogP contribution in [0, 0.1) is 0 Å². The van der Waals surface area contributed by atoms with Crippen LogP contribution in [0.2, 0.25) is 5.02 Å². The Balaban J connectivity index is 1.19. The van der Waals surface area contributed by atoms with Crippen molar-refractivity contribution in [1.29, 1.82) is 0 Å². The lowest BCUT2D eigenvalue weighted by molar-refractivity contribution is 0.436. The minimum Gasteiger partial charge on any atom is -0.457 e. The van der Waals surface area contributed by atoms with E-state index in [0.717, 1.165) is 72.8 Å². The van der Waals surface area contributed by atoms with E-state index in [0.29, 0.717) is 5.02 Å². The SMILES string of the molecule is Clc1ccc2c(c1)Oc1cc(N(c3ccccc3)c3ccc(-c4ccccc4)c4oc5ccccc5c34)ccc1C21c2ccccc2-c2ccccc21. The van der Waals surface area contributed by atoms with Gasteiger partial charge in [-0.1, -0.05) is 139 Å². The molecule has 0 saturated carbocycles. The summed E-state index contributed by atoms with van der Waals surface area (Å²) in [6.45, 7) is 0. The Bertz CT molecular complexity index is 2850. The quantitative estimate of drug-likeness (QED) is 0.183. The predicted molar refractivity (Wildman–Crippen MR) is 216 cm³/mol. The van der Waals surface area contributed by atoms with E-state index in [1.165, 1.54) is 22.3 Å². The lowest BCUT2D eigenvalue weighted by Crippen LogP contribution is -2.32. The molecule has 1 aliphatic carbocycles. The number of ether oxygens (including phenoxy) is 1. The second-order valence-electron chi connectivity index (χ2n) is 13.7. The van der Waals surface area contributed by atoms with E-state index in [-0.39, 0.29) is 0 Å². The molecule has 1 aromatic heterocycles. The van der Waals surface area contributed by atoms with E-state index in [1.54, 1.807) is 0 Å². The summed E-state index contributed by atoms with van der Waals surface area (Å²) < 4.78 is 13.6. The van der Waals surface area contributed by atoms with Gasteiger partial charge in [0, 0.05) is 44.5 Å². The molecule has 1 aliphatic heterocycles. The van der Waals surface area contributed by atoms with Crippen molar-refractivity contribution >= 4 is 50.6 Å². The number of rotatable bonds is 4. The number of halogens is 1. The normalized spacial score (nSPS) is 13.3. The predicted octanol–water partition coefficient (Wildman–Crippen LogP) is 13.8. The molecule has 11 rings (SSSR count). The van der Waals surface area contributed by atoms with Crippen molar-refractivity contribution < 1.29 is 9.15 Å². The largest absolute Gasteiger partial charge is 0.457 e. The Kier molecular flexibility index (Phi) is 6.52. The summed E-state index contributed by atoms with van der Waals surface area (Å²) in [6, 6.07) is 64.0. The smallest absolute Gasteiger partial charge is 0.145 e. The zero-order chi connectivity index (χ0) is 35.1. The van der Waals surface area contributed by atoms with Crippen molar-refractivity contribution in [3.05, 3.63) is 209 Å². The lowest BCUT2D eigenvalue weighted by atomic mass is 9.66. The number of anilines is 3. The van der Waals surface area contributed by atoms with Crippen LogP contribution in [0.4, 0.5) is 17.1 Å². The first-order valence-corrected chi connectivity index (χ1v) is 18.2. The average Bonchev–Trinajstić information content (AvgIpc) is 3.74. The molecule has 0 unspecified atom stereocenters. The van der Waals surface area contributed by atoms with Crippen molar-refractivity contribution in [1.82, 2.24) is 0 Å². The van der Waals surface area contributed by atoms with Crippen LogP contribution >= 0.6 is 11.6 Å². The number of nitrogens with zero attached hydrogens (tertiary/aromatic N) is 1. The maximum absolute atomic E-state index is 6.93. The second-order valence-corrected chi connectivity index (χ2v) is 14.2. The summed E-state index contributed by atoms with van der Waals surface area (Å²) >= 11 is 6.69. The van der Waals surface area contributed by atoms with Crippen LogP contribution in [-0.4, -0.2) is 0 Å². The van der Waals surface area contributed by atoms with Crippen molar-refractivity contribution in [2.45, 2.75) is 5.41 Å². The van der Waals surface area contributed by atoms with Gasteiger partial charge in [-0.05, 0) is 76.3 Å². The van der Waals surface area contributed by atoms with Crippen molar-refractivity contribution in [2.24, 2.45) is 0 Å². The lowest BCUT2D eigenvalue weighted by Gasteiger charge is -2.40. The van der Waals surface area contributed by atoms with Crippen molar-refractivity contribution in [3.63, 3.8) is 0 Å². The summed E-state index contributed by atoms with van der Waals surface area (Å²) in [7, 11) is 0. The fourth-order valence-electron chi connectivity index (χ4n) is 8.86. The first kappa shape index (κ1) is 30.1. The molecule has 250 valence electrons. The highest BCUT2D eigenvalue weighted by molar-refractivity contribution is 6.30. The fourth-order valence-corrected chi connectivity index (χ4v) is 9.02. The first-order valence-electron chi connectivity index (χ1n) is 17.9. The molecule has 8 aromatic carbocycles. The number of benzene rings is 8. The zero-order valence-electron chi connectivity index (χ0n) is 28.5. The van der Waals surface area contributed by atoms with Crippen LogP contribution in [0.1, 0.15) is 22.3 Å². The minimum absolute atomic E-state index is 0.581. The second kappa shape index (κ2) is 11.5.